The van der Waals surface area contributed by atoms with Gasteiger partial charge in [0.1, 0.15) is 0 Å². The number of aliphatic hydroxyl groups excluding tert-OH is 1. The summed E-state index contributed by atoms with van der Waals surface area (Å²) in [6, 6.07) is 0.0761. The Bertz CT molecular complexity index is 1060. The quantitative estimate of drug-likeness (QED) is 0.376. The molecule has 0 spiro atoms. The van der Waals surface area contributed by atoms with E-state index in [9.17, 15) is 15.0 Å². The van der Waals surface area contributed by atoms with E-state index in [1.165, 1.54) is 30.4 Å². The maximum Gasteiger partial charge on any atom is 0.317 e. The minimum atomic E-state index is -0.877. The normalized spacial score (nSPS) is 45.8. The molecule has 2 bridgehead atoms. The molecule has 7 rings (SSSR count). The first-order valence-electron chi connectivity index (χ1n) is 16.2. The fourth-order valence-electron chi connectivity index (χ4n) is 10.7. The number of hydrogen-bond acceptors (Lipinski definition) is 3. The highest BCUT2D eigenvalue weighted by Crippen LogP contribution is 2.66. The first-order chi connectivity index (χ1) is 18.3. The van der Waals surface area contributed by atoms with Crippen LogP contribution in [0.15, 0.2) is 23.3 Å². The van der Waals surface area contributed by atoms with Crippen LogP contribution in [0.5, 0.6) is 0 Å². The minimum absolute atomic E-state index is 0.00357. The van der Waals surface area contributed by atoms with Gasteiger partial charge in [0.25, 0.3) is 0 Å². The molecule has 9 atom stereocenters. The number of nitrogens with zero attached hydrogens (tertiary/aromatic N) is 1. The van der Waals surface area contributed by atoms with Crippen LogP contribution in [0.2, 0.25) is 0 Å². The molecular weight excluding hydrogens is 484 g/mol. The second-order valence-corrected chi connectivity index (χ2v) is 16.0. The van der Waals surface area contributed by atoms with E-state index in [-0.39, 0.29) is 29.0 Å². The molecular formula is C34H54N2O3. The van der Waals surface area contributed by atoms with E-state index in [1.807, 2.05) is 18.7 Å². The molecule has 6 saturated carbocycles. The second-order valence-electron chi connectivity index (χ2n) is 16.0. The third-order valence-corrected chi connectivity index (χ3v) is 13.5. The molecule has 5 nitrogen and oxygen atoms in total. The molecule has 39 heavy (non-hydrogen) atoms. The van der Waals surface area contributed by atoms with Gasteiger partial charge in [0, 0.05) is 18.0 Å². The summed E-state index contributed by atoms with van der Waals surface area (Å²) in [5.74, 6) is 2.93. The zero-order valence-electron chi connectivity index (χ0n) is 25.4. The number of amides is 2. The Kier molecular flexibility index (Phi) is 6.66. The molecule has 6 fully saturated rings. The molecule has 7 aliphatic rings. The van der Waals surface area contributed by atoms with Gasteiger partial charge in [-0.3, -0.25) is 0 Å². The summed E-state index contributed by atoms with van der Waals surface area (Å²) in [4.78, 5) is 15.6. The summed E-state index contributed by atoms with van der Waals surface area (Å²) in [7, 11) is 0. The first kappa shape index (κ1) is 27.8. The summed E-state index contributed by atoms with van der Waals surface area (Å²) >= 11 is 0. The standard InChI is InChI=1S/C34H54N2O3/c1-21(2)35-30(38)36(19-22-7-8-23-18-29(22)31(23,3)4)20-34(39)16-13-28-26-10-9-24-17-25(37)11-14-32(24,5)27(26)12-15-33(28,34)6/h9-10,21-23,25,27-29,37,39H,7-8,11-20H2,1-6H3,(H,35,38)/t22-,23-,25-,27-,28-,29-,32-,33-,34+/m0/s1. The molecule has 2 amide bonds. The van der Waals surface area contributed by atoms with Crippen molar-refractivity contribution in [1.82, 2.24) is 10.2 Å². The van der Waals surface area contributed by atoms with Crippen molar-refractivity contribution < 1.29 is 15.0 Å². The van der Waals surface area contributed by atoms with Crippen molar-refractivity contribution in [2.45, 2.75) is 123 Å². The molecule has 0 saturated heterocycles. The van der Waals surface area contributed by atoms with Gasteiger partial charge in [-0.15, -0.1) is 0 Å². The van der Waals surface area contributed by atoms with Crippen molar-refractivity contribution in [2.75, 3.05) is 13.1 Å². The molecule has 0 unspecified atom stereocenters. The van der Waals surface area contributed by atoms with Crippen molar-refractivity contribution in [3.05, 3.63) is 23.3 Å². The zero-order valence-corrected chi connectivity index (χ0v) is 25.4. The molecule has 0 aromatic heterocycles. The van der Waals surface area contributed by atoms with E-state index in [1.54, 1.807) is 0 Å². The number of nitrogens with one attached hydrogen (secondary N) is 1. The molecule has 0 radical (unpaired) electrons. The van der Waals surface area contributed by atoms with Crippen molar-refractivity contribution in [3.8, 4) is 0 Å². The van der Waals surface area contributed by atoms with Crippen LogP contribution >= 0.6 is 0 Å². The van der Waals surface area contributed by atoms with Crippen molar-refractivity contribution in [2.24, 2.45) is 45.8 Å². The van der Waals surface area contributed by atoms with Crippen LogP contribution in [0.1, 0.15) is 106 Å². The van der Waals surface area contributed by atoms with Crippen LogP contribution in [0.3, 0.4) is 0 Å². The SMILES string of the molecule is CC(C)NC(=O)N(C[C@@H]1CC[C@H]2C[C@@H]1C2(C)C)C[C@]1(O)CC[C@H]2C3=CC=C4C[C@@H](O)CC[C@]4(C)[C@H]3CC[C@@]21C. The fourth-order valence-corrected chi connectivity index (χ4v) is 10.7. The summed E-state index contributed by atoms with van der Waals surface area (Å²) in [6.45, 7) is 14.9. The lowest BCUT2D eigenvalue weighted by Crippen LogP contribution is -2.60. The minimum Gasteiger partial charge on any atom is -0.393 e. The van der Waals surface area contributed by atoms with Crippen molar-refractivity contribution >= 4 is 6.03 Å². The van der Waals surface area contributed by atoms with E-state index in [2.05, 4.69) is 45.2 Å². The van der Waals surface area contributed by atoms with Gasteiger partial charge in [-0.1, -0.05) is 51.0 Å². The van der Waals surface area contributed by atoms with Gasteiger partial charge in [-0.05, 0) is 118 Å². The molecule has 3 N–H and O–H groups in total. The Morgan fingerprint density at radius 2 is 1.77 bits per heavy atom. The lowest BCUT2D eigenvalue weighted by Gasteiger charge is -2.61. The monoisotopic (exact) mass is 538 g/mol. The maximum atomic E-state index is 13.6. The topological polar surface area (TPSA) is 72.8 Å². The zero-order chi connectivity index (χ0) is 28.0. The third kappa shape index (κ3) is 4.18. The number of aliphatic hydroxyl groups is 2. The number of hydrogen-bond donors (Lipinski definition) is 3. The highest BCUT2D eigenvalue weighted by Gasteiger charge is 2.63. The summed E-state index contributed by atoms with van der Waals surface area (Å²) in [5.41, 5.74) is 2.39. The van der Waals surface area contributed by atoms with E-state index >= 15 is 0 Å². The number of carbonyl (C=O) groups is 1. The number of allylic oxidation sites excluding steroid dienone is 3. The largest absolute Gasteiger partial charge is 0.393 e. The Labute approximate surface area is 236 Å². The van der Waals surface area contributed by atoms with E-state index in [4.69, 9.17) is 0 Å². The number of rotatable bonds is 5. The maximum absolute atomic E-state index is 13.6. The summed E-state index contributed by atoms with van der Waals surface area (Å²) in [6.07, 6.45) is 14.9. The van der Waals surface area contributed by atoms with Gasteiger partial charge in [0.05, 0.1) is 18.2 Å². The van der Waals surface area contributed by atoms with E-state index in [0.717, 1.165) is 57.4 Å². The average Bonchev–Trinajstić information content (AvgIpc) is 3.14. The van der Waals surface area contributed by atoms with Gasteiger partial charge in [0.2, 0.25) is 0 Å². The number of fused-ring (bicyclic) bond motifs is 7. The first-order valence-corrected chi connectivity index (χ1v) is 16.2. The Morgan fingerprint density at radius 3 is 2.46 bits per heavy atom. The van der Waals surface area contributed by atoms with Crippen LogP contribution in [0, 0.1) is 45.8 Å². The Morgan fingerprint density at radius 1 is 1.03 bits per heavy atom. The molecule has 0 heterocycles. The average molecular weight is 539 g/mol. The predicted octanol–water partition coefficient (Wildman–Crippen LogP) is 6.45. The molecule has 0 aromatic rings. The van der Waals surface area contributed by atoms with Crippen molar-refractivity contribution in [3.63, 3.8) is 0 Å². The van der Waals surface area contributed by atoms with Gasteiger partial charge in [-0.25, -0.2) is 4.79 Å². The fraction of sp³-hybridized carbons (Fsp3) is 0.853. The summed E-state index contributed by atoms with van der Waals surface area (Å²) in [5, 5.41) is 26.0. The smallest absolute Gasteiger partial charge is 0.317 e. The van der Waals surface area contributed by atoms with Crippen LogP contribution in [0.4, 0.5) is 4.79 Å². The Balaban J connectivity index is 1.25. The molecule has 0 aliphatic heterocycles. The van der Waals surface area contributed by atoms with Crippen LogP contribution < -0.4 is 5.32 Å². The van der Waals surface area contributed by atoms with Gasteiger partial charge in [-0.2, -0.15) is 0 Å². The van der Waals surface area contributed by atoms with Gasteiger partial charge < -0.3 is 20.4 Å². The van der Waals surface area contributed by atoms with E-state index in [0.29, 0.717) is 35.6 Å². The number of carbonyl (C=O) groups excluding carboxylic acids is 1. The molecule has 0 aromatic carbocycles. The molecule has 5 heteroatoms. The van der Waals surface area contributed by atoms with Crippen LogP contribution in [0.25, 0.3) is 0 Å². The third-order valence-electron chi connectivity index (χ3n) is 13.5. The number of urea groups is 1. The van der Waals surface area contributed by atoms with Crippen LogP contribution in [-0.2, 0) is 0 Å². The van der Waals surface area contributed by atoms with E-state index < -0.39 is 5.60 Å². The summed E-state index contributed by atoms with van der Waals surface area (Å²) < 4.78 is 0. The lowest BCUT2D eigenvalue weighted by atomic mass is 9.45. The molecule has 218 valence electrons. The molecule has 7 aliphatic carbocycles. The highest BCUT2D eigenvalue weighted by atomic mass is 16.3. The van der Waals surface area contributed by atoms with Crippen molar-refractivity contribution in [1.29, 1.82) is 0 Å². The highest BCUT2D eigenvalue weighted by molar-refractivity contribution is 5.74. The van der Waals surface area contributed by atoms with Gasteiger partial charge >= 0.3 is 6.03 Å². The van der Waals surface area contributed by atoms with Gasteiger partial charge in [0.15, 0.2) is 0 Å². The predicted molar refractivity (Wildman–Crippen MR) is 156 cm³/mol. The Hall–Kier alpha value is -1.33. The van der Waals surface area contributed by atoms with Crippen LogP contribution in [-0.4, -0.2) is 52.0 Å². The lowest BCUT2D eigenvalue weighted by molar-refractivity contribution is -0.122. The second kappa shape index (κ2) is 9.34.